The molecule has 1 atom stereocenters. The summed E-state index contributed by atoms with van der Waals surface area (Å²) in [5.74, 6) is -0.0344. The smallest absolute Gasteiger partial charge is 0.254 e. The second-order valence-electron chi connectivity index (χ2n) is 6.50. The highest BCUT2D eigenvalue weighted by Crippen LogP contribution is 2.20. The summed E-state index contributed by atoms with van der Waals surface area (Å²) in [6.07, 6.45) is 3.74. The molecular weight excluding hydrogens is 342 g/mol. The first-order valence-corrected chi connectivity index (χ1v) is 9.07. The summed E-state index contributed by atoms with van der Waals surface area (Å²) in [7, 11) is 1.63. The topological polar surface area (TPSA) is 75.5 Å². The first-order chi connectivity index (χ1) is 13.2. The molecule has 6 nitrogen and oxygen atoms in total. The lowest BCUT2D eigenvalue weighted by molar-refractivity contribution is 0.0456. The predicted molar refractivity (Wildman–Crippen MR) is 101 cm³/mol. The molecule has 0 unspecified atom stereocenters. The third kappa shape index (κ3) is 4.91. The Hall–Kier alpha value is -2.75. The minimum Gasteiger partial charge on any atom is -0.383 e. The molecule has 1 amide bonds. The number of carbonyl (C=O) groups is 1. The first-order valence-electron chi connectivity index (χ1n) is 9.07. The van der Waals surface area contributed by atoms with Crippen LogP contribution in [-0.2, 0) is 9.47 Å². The molecule has 27 heavy (non-hydrogen) atoms. The first kappa shape index (κ1) is 19.0. The standard InChI is InChI=1S/C21H23N3O3/c1-26-12-10-24(15-19-3-2-11-27-19)21(25)18-6-4-17(5-7-18)20-13-16(14-22)8-9-23-20/h4-9,13,19H,2-3,10-12,15H2,1H3/t19-/m1/s1. The van der Waals surface area contributed by atoms with Gasteiger partial charge in [-0.25, -0.2) is 0 Å². The van der Waals surface area contributed by atoms with Crippen molar-refractivity contribution in [2.75, 3.05) is 33.4 Å². The summed E-state index contributed by atoms with van der Waals surface area (Å²) in [5, 5.41) is 9.03. The van der Waals surface area contributed by atoms with Crippen LogP contribution in [0.15, 0.2) is 42.6 Å². The lowest BCUT2D eigenvalue weighted by Gasteiger charge is -2.25. The number of hydrogen-bond donors (Lipinski definition) is 0. The van der Waals surface area contributed by atoms with Gasteiger partial charge in [0.2, 0.25) is 0 Å². The van der Waals surface area contributed by atoms with Crippen LogP contribution in [0.4, 0.5) is 0 Å². The molecule has 0 spiro atoms. The second-order valence-corrected chi connectivity index (χ2v) is 6.50. The molecule has 0 N–H and O–H groups in total. The van der Waals surface area contributed by atoms with Gasteiger partial charge in [-0.2, -0.15) is 5.26 Å². The van der Waals surface area contributed by atoms with Crippen molar-refractivity contribution in [2.45, 2.75) is 18.9 Å². The Kier molecular flexibility index (Phi) is 6.53. The van der Waals surface area contributed by atoms with Gasteiger partial charge in [0.05, 0.1) is 30.0 Å². The molecule has 3 rings (SSSR count). The number of aromatic nitrogens is 1. The molecule has 1 aromatic carbocycles. The van der Waals surface area contributed by atoms with Gasteiger partial charge < -0.3 is 14.4 Å². The molecule has 1 aliphatic heterocycles. The second kappa shape index (κ2) is 9.26. The molecular formula is C21H23N3O3. The van der Waals surface area contributed by atoms with Crippen molar-refractivity contribution in [1.82, 2.24) is 9.88 Å². The van der Waals surface area contributed by atoms with E-state index in [9.17, 15) is 4.79 Å². The van der Waals surface area contributed by atoms with Crippen molar-refractivity contribution in [3.05, 3.63) is 53.7 Å². The zero-order valence-electron chi connectivity index (χ0n) is 15.4. The van der Waals surface area contributed by atoms with E-state index < -0.39 is 0 Å². The molecule has 2 aromatic rings. The van der Waals surface area contributed by atoms with Gasteiger partial charge in [-0.05, 0) is 37.1 Å². The highest BCUT2D eigenvalue weighted by atomic mass is 16.5. The maximum Gasteiger partial charge on any atom is 0.254 e. The summed E-state index contributed by atoms with van der Waals surface area (Å²) in [6, 6.07) is 12.8. The van der Waals surface area contributed by atoms with Gasteiger partial charge in [0.25, 0.3) is 5.91 Å². The Labute approximate surface area is 159 Å². The Balaban J connectivity index is 1.74. The largest absolute Gasteiger partial charge is 0.383 e. The summed E-state index contributed by atoms with van der Waals surface area (Å²) in [6.45, 7) is 2.36. The molecule has 140 valence electrons. The SMILES string of the molecule is COCCN(C[C@H]1CCCO1)C(=O)c1ccc(-c2cc(C#N)ccn2)cc1. The normalized spacial score (nSPS) is 16.1. The molecule has 0 bridgehead atoms. The van der Waals surface area contributed by atoms with Crippen LogP contribution >= 0.6 is 0 Å². The van der Waals surface area contributed by atoms with Crippen molar-refractivity contribution in [3.63, 3.8) is 0 Å². The number of ether oxygens (including phenoxy) is 2. The molecule has 6 heteroatoms. The van der Waals surface area contributed by atoms with E-state index in [1.54, 1.807) is 42.5 Å². The Bertz CT molecular complexity index is 808. The lowest BCUT2D eigenvalue weighted by atomic mass is 10.1. The average molecular weight is 365 g/mol. The third-order valence-electron chi connectivity index (χ3n) is 4.62. The monoisotopic (exact) mass is 365 g/mol. The van der Waals surface area contributed by atoms with Gasteiger partial charge in [-0.15, -0.1) is 0 Å². The zero-order chi connectivity index (χ0) is 19.1. The van der Waals surface area contributed by atoms with E-state index >= 15 is 0 Å². The van der Waals surface area contributed by atoms with Crippen LogP contribution < -0.4 is 0 Å². The molecule has 1 saturated heterocycles. The zero-order valence-corrected chi connectivity index (χ0v) is 15.4. The van der Waals surface area contributed by atoms with Crippen LogP contribution in [0.1, 0.15) is 28.8 Å². The number of nitrogens with zero attached hydrogens (tertiary/aromatic N) is 3. The third-order valence-corrected chi connectivity index (χ3v) is 4.62. The van der Waals surface area contributed by atoms with Crippen molar-refractivity contribution in [1.29, 1.82) is 5.26 Å². The highest BCUT2D eigenvalue weighted by Gasteiger charge is 2.23. The quantitative estimate of drug-likeness (QED) is 0.754. The summed E-state index contributed by atoms with van der Waals surface area (Å²) in [4.78, 5) is 19.0. The van der Waals surface area contributed by atoms with Gasteiger partial charge in [-0.3, -0.25) is 9.78 Å². The van der Waals surface area contributed by atoms with Crippen LogP contribution in [0.5, 0.6) is 0 Å². The van der Waals surface area contributed by atoms with Crippen molar-refractivity contribution in [3.8, 4) is 17.3 Å². The predicted octanol–water partition coefficient (Wildman–Crippen LogP) is 2.89. The number of methoxy groups -OCH3 is 1. The van der Waals surface area contributed by atoms with Crippen molar-refractivity contribution in [2.24, 2.45) is 0 Å². The number of rotatable bonds is 7. The van der Waals surface area contributed by atoms with Crippen LogP contribution in [0, 0.1) is 11.3 Å². The minimum atomic E-state index is -0.0344. The number of benzene rings is 1. The number of amides is 1. The number of nitriles is 1. The van der Waals surface area contributed by atoms with Gasteiger partial charge >= 0.3 is 0 Å². The molecule has 0 saturated carbocycles. The summed E-state index contributed by atoms with van der Waals surface area (Å²) >= 11 is 0. The van der Waals surface area contributed by atoms with Crippen LogP contribution in [0.25, 0.3) is 11.3 Å². The number of carbonyl (C=O) groups excluding carboxylic acids is 1. The van der Waals surface area contributed by atoms with Crippen LogP contribution in [-0.4, -0.2) is 55.3 Å². The van der Waals surface area contributed by atoms with E-state index in [0.717, 1.165) is 25.0 Å². The highest BCUT2D eigenvalue weighted by molar-refractivity contribution is 5.94. The fraction of sp³-hybridized carbons (Fsp3) is 0.381. The van der Waals surface area contributed by atoms with Gasteiger partial charge in [0.15, 0.2) is 0 Å². The van der Waals surface area contributed by atoms with E-state index in [2.05, 4.69) is 11.1 Å². The fourth-order valence-corrected chi connectivity index (χ4v) is 3.14. The molecule has 0 aliphatic carbocycles. The number of pyridine rings is 1. The van der Waals surface area contributed by atoms with E-state index in [-0.39, 0.29) is 12.0 Å². The van der Waals surface area contributed by atoms with Crippen molar-refractivity contribution < 1.29 is 14.3 Å². The molecule has 1 aromatic heterocycles. The minimum absolute atomic E-state index is 0.0344. The Morgan fingerprint density at radius 1 is 1.37 bits per heavy atom. The Morgan fingerprint density at radius 3 is 2.85 bits per heavy atom. The van der Waals surface area contributed by atoms with E-state index in [1.165, 1.54) is 0 Å². The fourth-order valence-electron chi connectivity index (χ4n) is 3.14. The lowest BCUT2D eigenvalue weighted by Crippen LogP contribution is -2.39. The Morgan fingerprint density at radius 2 is 2.19 bits per heavy atom. The average Bonchev–Trinajstić information content (AvgIpc) is 3.24. The van der Waals surface area contributed by atoms with Gasteiger partial charge in [0.1, 0.15) is 0 Å². The number of hydrogen-bond acceptors (Lipinski definition) is 5. The molecule has 2 heterocycles. The van der Waals surface area contributed by atoms with Crippen LogP contribution in [0.2, 0.25) is 0 Å². The van der Waals surface area contributed by atoms with E-state index in [0.29, 0.717) is 36.5 Å². The molecule has 0 radical (unpaired) electrons. The van der Waals surface area contributed by atoms with Crippen molar-refractivity contribution >= 4 is 5.91 Å². The maximum atomic E-state index is 12.9. The van der Waals surface area contributed by atoms with Crippen LogP contribution in [0.3, 0.4) is 0 Å². The van der Waals surface area contributed by atoms with E-state index in [4.69, 9.17) is 14.7 Å². The summed E-state index contributed by atoms with van der Waals surface area (Å²) < 4.78 is 10.8. The molecule has 1 fully saturated rings. The van der Waals surface area contributed by atoms with Gasteiger partial charge in [-0.1, -0.05) is 12.1 Å². The molecule has 1 aliphatic rings. The van der Waals surface area contributed by atoms with E-state index in [1.807, 2.05) is 12.1 Å². The van der Waals surface area contributed by atoms with Gasteiger partial charge in [0, 0.05) is 44.1 Å². The summed E-state index contributed by atoms with van der Waals surface area (Å²) in [5.41, 5.74) is 2.75. The maximum absolute atomic E-state index is 12.9.